The molecule has 1 N–H and O–H groups in total. The van der Waals surface area contributed by atoms with Crippen LogP contribution < -0.4 is 5.32 Å². The van der Waals surface area contributed by atoms with E-state index < -0.39 is 10.8 Å². The van der Waals surface area contributed by atoms with Crippen LogP contribution in [0.2, 0.25) is 0 Å². The van der Waals surface area contributed by atoms with Gasteiger partial charge in [0.1, 0.15) is 5.82 Å². The van der Waals surface area contributed by atoms with Gasteiger partial charge in [-0.2, -0.15) is 0 Å². The first-order valence-electron chi connectivity index (χ1n) is 8.37. The van der Waals surface area contributed by atoms with Crippen LogP contribution in [0.4, 0.5) is 10.1 Å². The summed E-state index contributed by atoms with van der Waals surface area (Å²) in [5, 5.41) is 13.7. The zero-order chi connectivity index (χ0) is 20.0. The van der Waals surface area contributed by atoms with Gasteiger partial charge in [-0.05, 0) is 37.6 Å². The summed E-state index contributed by atoms with van der Waals surface area (Å²) in [7, 11) is 0. The molecule has 2 rings (SSSR count). The maximum Gasteiger partial charge on any atom is 0.273 e. The number of likely N-dealkylation sites (N-methyl/N-ethyl adjacent to an activating group) is 1. The molecule has 0 aliphatic carbocycles. The van der Waals surface area contributed by atoms with E-state index in [1.165, 1.54) is 35.2 Å². The van der Waals surface area contributed by atoms with Crippen molar-refractivity contribution in [1.29, 1.82) is 0 Å². The van der Waals surface area contributed by atoms with Crippen molar-refractivity contribution in [3.8, 4) is 0 Å². The first kappa shape index (κ1) is 20.0. The topological polar surface area (TPSA) is 92.6 Å². The summed E-state index contributed by atoms with van der Waals surface area (Å²) in [5.41, 5.74) is 1.20. The normalized spacial score (nSPS) is 10.3. The first-order valence-corrected chi connectivity index (χ1v) is 8.37. The summed E-state index contributed by atoms with van der Waals surface area (Å²) in [6.07, 6.45) is 0. The Balaban J connectivity index is 2.02. The fourth-order valence-corrected chi connectivity index (χ4v) is 2.48. The van der Waals surface area contributed by atoms with Gasteiger partial charge in [0.25, 0.3) is 11.6 Å². The lowest BCUT2D eigenvalue weighted by atomic mass is 10.1. The highest BCUT2D eigenvalue weighted by atomic mass is 19.1. The summed E-state index contributed by atoms with van der Waals surface area (Å²) in [6, 6.07) is 9.95. The van der Waals surface area contributed by atoms with E-state index in [4.69, 9.17) is 0 Å². The lowest BCUT2D eigenvalue weighted by molar-refractivity contribution is -0.385. The molecule has 0 radical (unpaired) electrons. The van der Waals surface area contributed by atoms with Crippen LogP contribution in [0, 0.1) is 22.9 Å². The van der Waals surface area contributed by atoms with Gasteiger partial charge in [-0.15, -0.1) is 0 Å². The molecule has 2 aromatic carbocycles. The highest BCUT2D eigenvalue weighted by Gasteiger charge is 2.20. The second kappa shape index (κ2) is 8.88. The predicted molar refractivity (Wildman–Crippen MR) is 97.7 cm³/mol. The predicted octanol–water partition coefficient (Wildman–Crippen LogP) is 2.82. The minimum absolute atomic E-state index is 0.141. The van der Waals surface area contributed by atoms with E-state index in [2.05, 4.69) is 5.32 Å². The molecule has 0 aliphatic rings. The third-order valence-electron chi connectivity index (χ3n) is 4.06. The number of amides is 2. The summed E-state index contributed by atoms with van der Waals surface area (Å²) in [5.74, 6) is -1.20. The molecule has 2 amide bonds. The van der Waals surface area contributed by atoms with Crippen LogP contribution in [0.3, 0.4) is 0 Å². The summed E-state index contributed by atoms with van der Waals surface area (Å²) < 4.78 is 12.9. The quantitative estimate of drug-likeness (QED) is 0.597. The van der Waals surface area contributed by atoms with Crippen LogP contribution in [0.25, 0.3) is 0 Å². The van der Waals surface area contributed by atoms with Crippen LogP contribution in [0.15, 0.2) is 42.5 Å². The summed E-state index contributed by atoms with van der Waals surface area (Å²) >= 11 is 0. The molecule has 0 saturated carbocycles. The van der Waals surface area contributed by atoms with Crippen LogP contribution in [0.5, 0.6) is 0 Å². The Hall–Kier alpha value is -3.29. The molecule has 0 heterocycles. The largest absolute Gasteiger partial charge is 0.350 e. The molecule has 27 heavy (non-hydrogen) atoms. The zero-order valence-electron chi connectivity index (χ0n) is 15.1. The van der Waals surface area contributed by atoms with Crippen molar-refractivity contribution in [3.05, 3.63) is 75.1 Å². The summed E-state index contributed by atoms with van der Waals surface area (Å²) in [6.45, 7) is 3.60. The van der Waals surface area contributed by atoms with Crippen molar-refractivity contribution in [3.63, 3.8) is 0 Å². The number of benzene rings is 2. The number of halogens is 1. The monoisotopic (exact) mass is 373 g/mol. The molecule has 0 fully saturated rings. The summed E-state index contributed by atoms with van der Waals surface area (Å²) in [4.78, 5) is 36.5. The van der Waals surface area contributed by atoms with Gasteiger partial charge in [0.2, 0.25) is 5.91 Å². The van der Waals surface area contributed by atoms with Crippen LogP contribution in [0.1, 0.15) is 28.4 Å². The Morgan fingerprint density at radius 3 is 2.44 bits per heavy atom. The molecule has 8 heteroatoms. The molecule has 0 saturated heterocycles. The Kier molecular flexibility index (Phi) is 6.59. The average molecular weight is 373 g/mol. The molecule has 7 nitrogen and oxygen atoms in total. The van der Waals surface area contributed by atoms with E-state index in [0.29, 0.717) is 5.56 Å². The van der Waals surface area contributed by atoms with E-state index in [9.17, 15) is 24.1 Å². The SMILES string of the molecule is CCN(CC(=O)NCc1ccc(F)cc1)C(=O)c1ccc(C)c([N+](=O)[O-])c1. The van der Waals surface area contributed by atoms with Crippen molar-refractivity contribution >= 4 is 17.5 Å². The van der Waals surface area contributed by atoms with Gasteiger partial charge in [-0.25, -0.2) is 4.39 Å². The van der Waals surface area contributed by atoms with Crippen molar-refractivity contribution < 1.29 is 18.9 Å². The number of carbonyl (C=O) groups excluding carboxylic acids is 2. The molecule has 0 unspecified atom stereocenters. The lowest BCUT2D eigenvalue weighted by Crippen LogP contribution is -2.40. The number of nitro benzene ring substituents is 1. The number of hydrogen-bond donors (Lipinski definition) is 1. The zero-order valence-corrected chi connectivity index (χ0v) is 15.1. The minimum atomic E-state index is -0.544. The van der Waals surface area contributed by atoms with E-state index in [1.54, 1.807) is 26.0 Å². The van der Waals surface area contributed by atoms with Crippen LogP contribution >= 0.6 is 0 Å². The van der Waals surface area contributed by atoms with Gasteiger partial charge in [0.05, 0.1) is 11.5 Å². The van der Waals surface area contributed by atoms with E-state index in [0.717, 1.165) is 5.56 Å². The number of hydrogen-bond acceptors (Lipinski definition) is 4. The van der Waals surface area contributed by atoms with E-state index in [-0.39, 0.29) is 42.6 Å². The Labute approximate surface area is 155 Å². The minimum Gasteiger partial charge on any atom is -0.350 e. The van der Waals surface area contributed by atoms with Crippen LogP contribution in [-0.4, -0.2) is 34.7 Å². The molecule has 0 aromatic heterocycles. The maximum atomic E-state index is 12.9. The second-order valence-electron chi connectivity index (χ2n) is 5.98. The Morgan fingerprint density at radius 2 is 1.85 bits per heavy atom. The number of aryl methyl sites for hydroxylation is 1. The van der Waals surface area contributed by atoms with Gasteiger partial charge in [0.15, 0.2) is 0 Å². The highest BCUT2D eigenvalue weighted by Crippen LogP contribution is 2.20. The number of nitro groups is 1. The van der Waals surface area contributed by atoms with Crippen LogP contribution in [-0.2, 0) is 11.3 Å². The van der Waals surface area contributed by atoms with E-state index >= 15 is 0 Å². The Bertz CT molecular complexity index is 853. The maximum absolute atomic E-state index is 12.9. The molecular weight excluding hydrogens is 353 g/mol. The number of carbonyl (C=O) groups is 2. The van der Waals surface area contributed by atoms with Gasteiger partial charge in [-0.1, -0.05) is 18.2 Å². The lowest BCUT2D eigenvalue weighted by Gasteiger charge is -2.20. The number of nitrogens with one attached hydrogen (secondary N) is 1. The molecular formula is C19H20FN3O4. The standard InChI is InChI=1S/C19H20FN3O4/c1-3-22(12-18(24)21-11-14-5-8-16(20)9-6-14)19(25)15-7-4-13(2)17(10-15)23(26)27/h4-10H,3,11-12H2,1-2H3,(H,21,24). The third kappa shape index (κ3) is 5.34. The molecule has 0 bridgehead atoms. The highest BCUT2D eigenvalue weighted by molar-refractivity contribution is 5.97. The van der Waals surface area contributed by atoms with Gasteiger partial charge in [0, 0.05) is 30.3 Å². The van der Waals surface area contributed by atoms with Crippen molar-refractivity contribution in [2.45, 2.75) is 20.4 Å². The van der Waals surface area contributed by atoms with Crippen molar-refractivity contribution in [2.24, 2.45) is 0 Å². The molecule has 0 aliphatic heterocycles. The second-order valence-corrected chi connectivity index (χ2v) is 5.98. The van der Waals surface area contributed by atoms with Gasteiger partial charge >= 0.3 is 0 Å². The number of rotatable bonds is 7. The van der Waals surface area contributed by atoms with Gasteiger partial charge < -0.3 is 10.2 Å². The smallest absolute Gasteiger partial charge is 0.273 e. The van der Waals surface area contributed by atoms with Gasteiger partial charge in [-0.3, -0.25) is 19.7 Å². The van der Waals surface area contributed by atoms with E-state index in [1.807, 2.05) is 0 Å². The Morgan fingerprint density at radius 1 is 1.19 bits per heavy atom. The number of nitrogens with zero attached hydrogens (tertiary/aromatic N) is 2. The molecule has 0 spiro atoms. The molecule has 0 atom stereocenters. The first-order chi connectivity index (χ1) is 12.8. The van der Waals surface area contributed by atoms with Crippen molar-refractivity contribution in [2.75, 3.05) is 13.1 Å². The molecule has 142 valence electrons. The fourth-order valence-electron chi connectivity index (χ4n) is 2.48. The molecule has 2 aromatic rings. The average Bonchev–Trinajstić information content (AvgIpc) is 2.65. The fraction of sp³-hybridized carbons (Fsp3) is 0.263. The third-order valence-corrected chi connectivity index (χ3v) is 4.06. The van der Waals surface area contributed by atoms with Crippen molar-refractivity contribution in [1.82, 2.24) is 10.2 Å².